The molecule has 0 atom stereocenters. The van der Waals surface area contributed by atoms with Crippen molar-refractivity contribution in [2.75, 3.05) is 13.2 Å². The SMILES string of the molecule is Cc1cc(C)n(CC(=O)NCCOc2cccc3c2OC(C)(C)C3)n1. The lowest BCUT2D eigenvalue weighted by Gasteiger charge is -2.18. The lowest BCUT2D eigenvalue weighted by molar-refractivity contribution is -0.122. The normalized spacial score (nSPS) is 14.7. The molecule has 3 rings (SSSR count). The summed E-state index contributed by atoms with van der Waals surface area (Å²) in [7, 11) is 0. The van der Waals surface area contributed by atoms with Crippen molar-refractivity contribution >= 4 is 5.91 Å². The Morgan fingerprint density at radius 2 is 2.20 bits per heavy atom. The number of rotatable bonds is 6. The lowest BCUT2D eigenvalue weighted by atomic mass is 10.0. The van der Waals surface area contributed by atoms with Gasteiger partial charge in [-0.25, -0.2) is 0 Å². The highest BCUT2D eigenvalue weighted by Crippen LogP contribution is 2.41. The van der Waals surface area contributed by atoms with Crippen molar-refractivity contribution < 1.29 is 14.3 Å². The van der Waals surface area contributed by atoms with Gasteiger partial charge in [0.05, 0.1) is 12.2 Å². The van der Waals surface area contributed by atoms with Crippen molar-refractivity contribution in [3.8, 4) is 11.5 Å². The molecule has 0 fully saturated rings. The largest absolute Gasteiger partial charge is 0.488 e. The molecule has 0 bridgehead atoms. The van der Waals surface area contributed by atoms with E-state index in [1.165, 1.54) is 0 Å². The maximum atomic E-state index is 12.0. The van der Waals surface area contributed by atoms with Crippen LogP contribution in [0.4, 0.5) is 0 Å². The highest BCUT2D eigenvalue weighted by Gasteiger charge is 2.32. The minimum Gasteiger partial charge on any atom is -0.488 e. The van der Waals surface area contributed by atoms with Crippen molar-refractivity contribution in [2.24, 2.45) is 0 Å². The number of aryl methyl sites for hydroxylation is 2. The molecule has 0 spiro atoms. The summed E-state index contributed by atoms with van der Waals surface area (Å²) >= 11 is 0. The quantitative estimate of drug-likeness (QED) is 0.818. The molecule has 0 saturated carbocycles. The van der Waals surface area contributed by atoms with Gasteiger partial charge in [-0.05, 0) is 39.8 Å². The van der Waals surface area contributed by atoms with Gasteiger partial charge in [0.2, 0.25) is 5.91 Å². The number of amides is 1. The second-order valence-electron chi connectivity index (χ2n) is 7.07. The van der Waals surface area contributed by atoms with Crippen molar-refractivity contribution in [1.82, 2.24) is 15.1 Å². The number of benzene rings is 1. The van der Waals surface area contributed by atoms with Crippen LogP contribution in [0.2, 0.25) is 0 Å². The summed E-state index contributed by atoms with van der Waals surface area (Å²) in [5.41, 5.74) is 2.85. The number of nitrogens with one attached hydrogen (secondary N) is 1. The van der Waals surface area contributed by atoms with Crippen LogP contribution in [0.15, 0.2) is 24.3 Å². The van der Waals surface area contributed by atoms with E-state index in [4.69, 9.17) is 9.47 Å². The molecule has 1 aromatic heterocycles. The molecular weight excluding hydrogens is 318 g/mol. The molecule has 2 heterocycles. The van der Waals surface area contributed by atoms with Crippen LogP contribution in [0.3, 0.4) is 0 Å². The van der Waals surface area contributed by atoms with E-state index < -0.39 is 0 Å². The van der Waals surface area contributed by atoms with Crippen LogP contribution in [0.25, 0.3) is 0 Å². The molecule has 134 valence electrons. The van der Waals surface area contributed by atoms with Gasteiger partial charge < -0.3 is 14.8 Å². The van der Waals surface area contributed by atoms with Crippen molar-refractivity contribution in [3.05, 3.63) is 41.2 Å². The van der Waals surface area contributed by atoms with Gasteiger partial charge >= 0.3 is 0 Å². The number of carbonyl (C=O) groups excluding carboxylic acids is 1. The minimum atomic E-state index is -0.199. The molecule has 1 aromatic carbocycles. The van der Waals surface area contributed by atoms with Crippen LogP contribution in [0.5, 0.6) is 11.5 Å². The third kappa shape index (κ3) is 4.13. The number of aromatic nitrogens is 2. The summed E-state index contributed by atoms with van der Waals surface area (Å²) in [6.07, 6.45) is 0.874. The molecule has 2 aromatic rings. The van der Waals surface area contributed by atoms with Gasteiger partial charge in [0.1, 0.15) is 18.8 Å². The van der Waals surface area contributed by atoms with Crippen LogP contribution in [-0.2, 0) is 17.8 Å². The van der Waals surface area contributed by atoms with Crippen molar-refractivity contribution in [2.45, 2.75) is 46.3 Å². The molecule has 0 saturated heterocycles. The first-order valence-electron chi connectivity index (χ1n) is 8.55. The Morgan fingerprint density at radius 1 is 1.40 bits per heavy atom. The Balaban J connectivity index is 1.47. The number of para-hydroxylation sites is 1. The molecule has 1 amide bonds. The zero-order valence-electron chi connectivity index (χ0n) is 15.3. The molecule has 25 heavy (non-hydrogen) atoms. The fourth-order valence-electron chi connectivity index (χ4n) is 3.08. The first-order chi connectivity index (χ1) is 11.8. The van der Waals surface area contributed by atoms with Gasteiger partial charge in [-0.15, -0.1) is 0 Å². The average molecular weight is 343 g/mol. The van der Waals surface area contributed by atoms with Crippen LogP contribution in [-0.4, -0.2) is 34.4 Å². The van der Waals surface area contributed by atoms with Gasteiger partial charge in [-0.2, -0.15) is 5.10 Å². The first-order valence-corrected chi connectivity index (χ1v) is 8.55. The maximum Gasteiger partial charge on any atom is 0.241 e. The Labute approximate surface area is 148 Å². The number of hydrogen-bond donors (Lipinski definition) is 1. The highest BCUT2D eigenvalue weighted by molar-refractivity contribution is 5.75. The smallest absolute Gasteiger partial charge is 0.241 e. The van der Waals surface area contributed by atoms with E-state index in [0.717, 1.165) is 34.9 Å². The molecule has 6 nitrogen and oxygen atoms in total. The molecule has 0 aliphatic carbocycles. The standard InChI is InChI=1S/C19H25N3O3/c1-13-10-14(2)22(21-13)12-17(23)20-8-9-24-16-7-5-6-15-11-19(3,4)25-18(15)16/h5-7,10H,8-9,11-12H2,1-4H3,(H,20,23). The van der Waals surface area contributed by atoms with E-state index in [-0.39, 0.29) is 18.1 Å². The summed E-state index contributed by atoms with van der Waals surface area (Å²) in [6, 6.07) is 7.89. The van der Waals surface area contributed by atoms with Crippen LogP contribution in [0, 0.1) is 13.8 Å². The molecule has 0 radical (unpaired) electrons. The third-order valence-electron chi connectivity index (χ3n) is 4.13. The predicted octanol–water partition coefficient (Wildman–Crippen LogP) is 2.41. The Kier molecular flexibility index (Phi) is 4.70. The molecule has 1 aliphatic heterocycles. The number of ether oxygens (including phenoxy) is 2. The van der Waals surface area contributed by atoms with Gasteiger partial charge in [0.25, 0.3) is 0 Å². The Morgan fingerprint density at radius 3 is 2.92 bits per heavy atom. The summed E-state index contributed by atoms with van der Waals surface area (Å²) in [5.74, 6) is 1.47. The van der Waals surface area contributed by atoms with E-state index in [9.17, 15) is 4.79 Å². The van der Waals surface area contributed by atoms with Crippen LogP contribution < -0.4 is 14.8 Å². The fourth-order valence-corrected chi connectivity index (χ4v) is 3.08. The second kappa shape index (κ2) is 6.78. The van der Waals surface area contributed by atoms with Crippen molar-refractivity contribution in [3.63, 3.8) is 0 Å². The second-order valence-corrected chi connectivity index (χ2v) is 7.07. The summed E-state index contributed by atoms with van der Waals surface area (Å²) in [4.78, 5) is 12.0. The Bertz CT molecular complexity index is 780. The van der Waals surface area contributed by atoms with Crippen LogP contribution in [0.1, 0.15) is 30.8 Å². The molecule has 0 unspecified atom stereocenters. The first kappa shape index (κ1) is 17.3. The van der Waals surface area contributed by atoms with Crippen LogP contribution >= 0.6 is 0 Å². The highest BCUT2D eigenvalue weighted by atomic mass is 16.5. The van der Waals surface area contributed by atoms with E-state index in [2.05, 4.69) is 30.3 Å². The third-order valence-corrected chi connectivity index (χ3v) is 4.13. The van der Waals surface area contributed by atoms with E-state index in [0.29, 0.717) is 13.2 Å². The number of carbonyl (C=O) groups is 1. The van der Waals surface area contributed by atoms with Gasteiger partial charge in [0.15, 0.2) is 11.5 Å². The van der Waals surface area contributed by atoms with E-state index >= 15 is 0 Å². The monoisotopic (exact) mass is 343 g/mol. The van der Waals surface area contributed by atoms with Gasteiger partial charge in [-0.3, -0.25) is 9.48 Å². The topological polar surface area (TPSA) is 65.4 Å². The summed E-state index contributed by atoms with van der Waals surface area (Å²) in [5, 5.41) is 7.14. The molecular formula is C19H25N3O3. The molecule has 6 heteroatoms. The molecule has 1 aliphatic rings. The lowest BCUT2D eigenvalue weighted by Crippen LogP contribution is -2.31. The number of fused-ring (bicyclic) bond motifs is 1. The van der Waals surface area contributed by atoms with E-state index in [1.54, 1.807) is 4.68 Å². The van der Waals surface area contributed by atoms with E-state index in [1.807, 2.05) is 32.0 Å². The van der Waals surface area contributed by atoms with Gasteiger partial charge in [0, 0.05) is 17.7 Å². The number of nitrogens with zero attached hydrogens (tertiary/aromatic N) is 2. The Hall–Kier alpha value is -2.50. The zero-order chi connectivity index (χ0) is 18.0. The summed E-state index contributed by atoms with van der Waals surface area (Å²) in [6.45, 7) is 9.03. The van der Waals surface area contributed by atoms with Gasteiger partial charge in [-0.1, -0.05) is 12.1 Å². The summed E-state index contributed by atoms with van der Waals surface area (Å²) < 4.78 is 13.5. The predicted molar refractivity (Wildman–Crippen MR) is 95.1 cm³/mol. The molecule has 1 N–H and O–H groups in total. The van der Waals surface area contributed by atoms with Crippen molar-refractivity contribution in [1.29, 1.82) is 0 Å². The maximum absolute atomic E-state index is 12.0. The number of hydrogen-bond acceptors (Lipinski definition) is 4. The zero-order valence-corrected chi connectivity index (χ0v) is 15.3. The minimum absolute atomic E-state index is 0.0783. The fraction of sp³-hybridized carbons (Fsp3) is 0.474. The average Bonchev–Trinajstić information content (AvgIpc) is 3.01.